The summed E-state index contributed by atoms with van der Waals surface area (Å²) in [6.07, 6.45) is 10.5. The molecule has 9 nitrogen and oxygen atoms in total. The second kappa shape index (κ2) is 20.3. The summed E-state index contributed by atoms with van der Waals surface area (Å²) in [5.41, 5.74) is 14.4. The summed E-state index contributed by atoms with van der Waals surface area (Å²) >= 11 is 0. The number of nitrogens with two attached hydrogens (primary N) is 2. The van der Waals surface area contributed by atoms with E-state index in [-0.39, 0.29) is 54.2 Å². The predicted molar refractivity (Wildman–Crippen MR) is 196 cm³/mol. The van der Waals surface area contributed by atoms with Crippen LogP contribution in [0.15, 0.2) is 66.7 Å². The molecular formula is C38H57ClN6O3. The van der Waals surface area contributed by atoms with E-state index in [0.717, 1.165) is 49.7 Å². The third-order valence-corrected chi connectivity index (χ3v) is 9.13. The number of rotatable bonds is 18. The zero-order chi connectivity index (χ0) is 33.6. The molecule has 3 unspecified atom stereocenters. The molecule has 1 aliphatic heterocycles. The number of hydrogen-bond acceptors (Lipinski definition) is 6. The number of carbonyl (C=O) groups is 3. The third-order valence-electron chi connectivity index (χ3n) is 9.13. The lowest BCUT2D eigenvalue weighted by Gasteiger charge is -2.39. The Labute approximate surface area is 293 Å². The van der Waals surface area contributed by atoms with Gasteiger partial charge in [-0.15, -0.1) is 12.4 Å². The molecule has 3 atom stereocenters. The number of amides is 3. The molecule has 4 rings (SSSR count). The number of nitrogens with zero attached hydrogens (tertiary/aromatic N) is 2. The maximum Gasteiger partial charge on any atom is 0.247 e. The van der Waals surface area contributed by atoms with Crippen LogP contribution in [-0.2, 0) is 20.8 Å². The molecule has 2 aliphatic rings. The summed E-state index contributed by atoms with van der Waals surface area (Å²) in [7, 11) is 0. The number of benzene rings is 2. The van der Waals surface area contributed by atoms with Crippen molar-refractivity contribution in [2.24, 2.45) is 17.4 Å². The van der Waals surface area contributed by atoms with Crippen LogP contribution in [0, 0.1) is 5.92 Å². The lowest BCUT2D eigenvalue weighted by Crippen LogP contribution is -2.57. The molecule has 0 bridgehead atoms. The molecule has 0 spiro atoms. The molecule has 1 aliphatic carbocycles. The van der Waals surface area contributed by atoms with Crippen molar-refractivity contribution in [2.75, 3.05) is 26.2 Å². The van der Waals surface area contributed by atoms with Crippen molar-refractivity contribution in [1.82, 2.24) is 20.4 Å². The minimum Gasteiger partial charge on any atom is -0.343 e. The first-order valence-electron chi connectivity index (χ1n) is 17.6. The number of likely N-dealkylation sites (tertiary alicyclic amines) is 1. The Kier molecular flexibility index (Phi) is 16.6. The first-order valence-corrected chi connectivity index (χ1v) is 17.6. The number of hydrogen-bond donors (Lipinski definition) is 4. The molecule has 2 fully saturated rings. The number of unbranched alkanes of at least 4 members (excludes halogenated alkanes) is 1. The first kappa shape index (κ1) is 39.2. The second-order valence-corrected chi connectivity index (χ2v) is 13.7. The highest BCUT2D eigenvalue weighted by Crippen LogP contribution is 2.32. The number of carbonyl (C=O) groups excluding carboxylic acids is 3. The van der Waals surface area contributed by atoms with E-state index >= 15 is 0 Å². The van der Waals surface area contributed by atoms with E-state index in [1.807, 2.05) is 64.4 Å². The van der Waals surface area contributed by atoms with Crippen molar-refractivity contribution < 1.29 is 14.4 Å². The zero-order valence-electron chi connectivity index (χ0n) is 28.8. The van der Waals surface area contributed by atoms with Crippen molar-refractivity contribution in [3.05, 3.63) is 77.9 Å². The molecule has 1 saturated heterocycles. The summed E-state index contributed by atoms with van der Waals surface area (Å²) < 4.78 is 0. The van der Waals surface area contributed by atoms with Crippen LogP contribution in [0.1, 0.15) is 76.3 Å². The van der Waals surface area contributed by atoms with Gasteiger partial charge in [-0.2, -0.15) is 0 Å². The van der Waals surface area contributed by atoms with Gasteiger partial charge < -0.3 is 31.9 Å². The Hall–Kier alpha value is -3.24. The van der Waals surface area contributed by atoms with Gasteiger partial charge in [0.25, 0.3) is 0 Å². The fourth-order valence-corrected chi connectivity index (χ4v) is 6.47. The molecule has 0 radical (unpaired) electrons. The Morgan fingerprint density at radius 2 is 1.54 bits per heavy atom. The van der Waals surface area contributed by atoms with Gasteiger partial charge in [0.1, 0.15) is 6.04 Å². The quantitative estimate of drug-likeness (QED) is 0.137. The highest BCUT2D eigenvalue weighted by Gasteiger charge is 2.39. The van der Waals surface area contributed by atoms with Gasteiger partial charge in [-0.05, 0) is 87.5 Å². The van der Waals surface area contributed by atoms with Crippen LogP contribution < -0.4 is 22.1 Å². The third kappa shape index (κ3) is 12.7. The maximum atomic E-state index is 13.9. The standard InChI is InChI=1S/C38H56N6O3.ClH/c1-28(2)25-35(41-27-31(40)26-30-13-7-4-8-14-30)37(46)42-34(15-9-10-22-39)38(47)43-23-20-33(21-24-43)44(32-17-18-32)36(45)19-16-29-11-5-3-6-12-29;/h3-8,11-14,16,19,28,31-35,41H,9-10,15,17-18,20-27,39-40H2,1-2H3,(H,42,46);1H. The van der Waals surface area contributed by atoms with Crippen molar-refractivity contribution in [3.8, 4) is 0 Å². The van der Waals surface area contributed by atoms with Crippen LogP contribution in [-0.4, -0.2) is 83.9 Å². The Morgan fingerprint density at radius 3 is 2.15 bits per heavy atom. The topological polar surface area (TPSA) is 134 Å². The van der Waals surface area contributed by atoms with Crippen LogP contribution >= 0.6 is 12.4 Å². The first-order chi connectivity index (χ1) is 22.7. The summed E-state index contributed by atoms with van der Waals surface area (Å²) in [5, 5.41) is 6.52. The largest absolute Gasteiger partial charge is 0.343 e. The average Bonchev–Trinajstić information content (AvgIpc) is 3.91. The smallest absolute Gasteiger partial charge is 0.247 e. The van der Waals surface area contributed by atoms with Crippen LogP contribution in [0.4, 0.5) is 0 Å². The Bertz CT molecular complexity index is 1280. The molecule has 0 aromatic heterocycles. The summed E-state index contributed by atoms with van der Waals surface area (Å²) in [6.45, 7) is 6.35. The zero-order valence-corrected chi connectivity index (χ0v) is 29.6. The van der Waals surface area contributed by atoms with Crippen molar-refractivity contribution >= 4 is 36.2 Å². The van der Waals surface area contributed by atoms with Crippen LogP contribution in [0.2, 0.25) is 0 Å². The monoisotopic (exact) mass is 680 g/mol. The molecule has 1 heterocycles. The molecule has 2 aromatic carbocycles. The van der Waals surface area contributed by atoms with E-state index in [9.17, 15) is 14.4 Å². The van der Waals surface area contributed by atoms with Gasteiger partial charge >= 0.3 is 0 Å². The van der Waals surface area contributed by atoms with Crippen molar-refractivity contribution in [1.29, 1.82) is 0 Å². The molecule has 3 amide bonds. The minimum absolute atomic E-state index is 0. The summed E-state index contributed by atoms with van der Waals surface area (Å²) in [5.74, 6) is 0.113. The van der Waals surface area contributed by atoms with Crippen molar-refractivity contribution in [3.63, 3.8) is 0 Å². The maximum absolute atomic E-state index is 13.9. The highest BCUT2D eigenvalue weighted by atomic mass is 35.5. The lowest BCUT2D eigenvalue weighted by molar-refractivity contribution is -0.139. The van der Waals surface area contributed by atoms with Gasteiger partial charge in [-0.1, -0.05) is 74.5 Å². The summed E-state index contributed by atoms with van der Waals surface area (Å²) in [4.78, 5) is 44.8. The molecule has 264 valence electrons. The van der Waals surface area contributed by atoms with Gasteiger partial charge in [0.15, 0.2) is 0 Å². The van der Waals surface area contributed by atoms with Gasteiger partial charge in [0, 0.05) is 43.8 Å². The molecule has 2 aromatic rings. The van der Waals surface area contributed by atoms with E-state index in [2.05, 4.69) is 36.6 Å². The molecule has 10 heteroatoms. The van der Waals surface area contributed by atoms with Crippen molar-refractivity contribution in [2.45, 2.75) is 102 Å². The van der Waals surface area contributed by atoms with Gasteiger partial charge in [0.05, 0.1) is 6.04 Å². The predicted octanol–water partition coefficient (Wildman–Crippen LogP) is 4.29. The fraction of sp³-hybridized carbons (Fsp3) is 0.553. The number of nitrogens with one attached hydrogen (secondary N) is 2. The van der Waals surface area contributed by atoms with Crippen LogP contribution in [0.3, 0.4) is 0 Å². The van der Waals surface area contributed by atoms with Gasteiger partial charge in [-0.3, -0.25) is 14.4 Å². The van der Waals surface area contributed by atoms with E-state index in [0.29, 0.717) is 45.4 Å². The number of piperidine rings is 1. The number of halogens is 1. The SMILES string of the molecule is CC(C)CC(NCC(N)Cc1ccccc1)C(=O)NC(CCCCN)C(=O)N1CCC(N(C(=O)C=Cc2ccccc2)C2CC2)CC1.Cl. The van der Waals surface area contributed by atoms with E-state index < -0.39 is 12.1 Å². The average molecular weight is 681 g/mol. The molecule has 1 saturated carbocycles. The lowest BCUT2D eigenvalue weighted by atomic mass is 9.99. The Balaban J connectivity index is 0.00000625. The van der Waals surface area contributed by atoms with E-state index in [1.54, 1.807) is 6.08 Å². The highest BCUT2D eigenvalue weighted by molar-refractivity contribution is 5.92. The van der Waals surface area contributed by atoms with E-state index in [1.165, 1.54) is 0 Å². The van der Waals surface area contributed by atoms with Crippen LogP contribution in [0.5, 0.6) is 0 Å². The normalized spacial score (nSPS) is 17.1. The minimum atomic E-state index is -0.616. The molecular weight excluding hydrogens is 624 g/mol. The molecule has 48 heavy (non-hydrogen) atoms. The Morgan fingerprint density at radius 1 is 0.917 bits per heavy atom. The molecule has 6 N–H and O–H groups in total. The van der Waals surface area contributed by atoms with Gasteiger partial charge in [0.2, 0.25) is 17.7 Å². The summed E-state index contributed by atoms with van der Waals surface area (Å²) in [6, 6.07) is 19.1. The van der Waals surface area contributed by atoms with Crippen LogP contribution in [0.25, 0.3) is 6.08 Å². The van der Waals surface area contributed by atoms with Gasteiger partial charge in [-0.25, -0.2) is 0 Å². The fourth-order valence-electron chi connectivity index (χ4n) is 6.47. The van der Waals surface area contributed by atoms with E-state index in [4.69, 9.17) is 11.5 Å². The second-order valence-electron chi connectivity index (χ2n) is 13.7.